The smallest absolute Gasteiger partial charge is 0.109 e. The van der Waals surface area contributed by atoms with Gasteiger partial charge in [0.2, 0.25) is 0 Å². The summed E-state index contributed by atoms with van der Waals surface area (Å²) in [4.78, 5) is 16.2. The minimum absolute atomic E-state index is 0.0497. The van der Waals surface area contributed by atoms with Gasteiger partial charge in [0, 0.05) is 22.1 Å². The lowest BCUT2D eigenvalue weighted by atomic mass is 10.2. The monoisotopic (exact) mass is 298 g/mol. The van der Waals surface area contributed by atoms with E-state index in [4.69, 9.17) is 4.99 Å². The van der Waals surface area contributed by atoms with Crippen LogP contribution in [-0.2, 0) is 0 Å². The highest BCUT2D eigenvalue weighted by Crippen LogP contribution is 2.24. The standard InChI is InChI=1S/C19H14N4/c1-3-14-10-16-5-7-18(22-16)19-8-6-17(23-19)11-15-4-2-13(21-15)9-12(1)20-14/h1-11,18,21,23H/b13-9?,14-10-,15-11-. The van der Waals surface area contributed by atoms with Gasteiger partial charge in [-0.1, -0.05) is 6.08 Å². The van der Waals surface area contributed by atoms with Crippen LogP contribution in [0.25, 0.3) is 12.2 Å². The summed E-state index contributed by atoms with van der Waals surface area (Å²) in [6, 6.07) is 8.36. The molecule has 0 radical (unpaired) electrons. The predicted octanol–water partition coefficient (Wildman–Crippen LogP) is 1.91. The van der Waals surface area contributed by atoms with Crippen LogP contribution in [0.1, 0.15) is 17.4 Å². The highest BCUT2D eigenvalue weighted by atomic mass is 14.9. The van der Waals surface area contributed by atoms with E-state index in [1.807, 2.05) is 24.3 Å². The lowest BCUT2D eigenvalue weighted by Crippen LogP contribution is -2.10. The fraction of sp³-hybridized carbons (Fsp3) is 0.0526. The van der Waals surface area contributed by atoms with E-state index in [0.717, 1.165) is 39.2 Å². The van der Waals surface area contributed by atoms with Crippen molar-refractivity contribution in [3.05, 3.63) is 82.4 Å². The molecular formula is C19H14N4. The van der Waals surface area contributed by atoms with Gasteiger partial charge in [0.15, 0.2) is 0 Å². The summed E-state index contributed by atoms with van der Waals surface area (Å²) < 4.78 is 0. The summed E-state index contributed by atoms with van der Waals surface area (Å²) in [5.41, 5.74) is 5.00. The number of aromatic amines is 2. The Balaban J connectivity index is 1.74. The van der Waals surface area contributed by atoms with Crippen LogP contribution in [0, 0.1) is 0 Å². The summed E-state index contributed by atoms with van der Waals surface area (Å²) in [5.74, 6) is 0. The minimum atomic E-state index is 0.0497. The molecule has 3 aliphatic heterocycles. The number of fused-ring (bicyclic) bond motifs is 7. The van der Waals surface area contributed by atoms with Crippen LogP contribution in [0.2, 0.25) is 0 Å². The van der Waals surface area contributed by atoms with E-state index >= 15 is 0 Å². The Bertz CT molecular complexity index is 1070. The van der Waals surface area contributed by atoms with Gasteiger partial charge in [-0.2, -0.15) is 0 Å². The highest BCUT2D eigenvalue weighted by molar-refractivity contribution is 6.19. The van der Waals surface area contributed by atoms with Crippen LogP contribution in [0.5, 0.6) is 0 Å². The lowest BCUT2D eigenvalue weighted by molar-refractivity contribution is 0.891. The number of H-pyrrole nitrogens is 2. The zero-order valence-electron chi connectivity index (χ0n) is 12.3. The van der Waals surface area contributed by atoms with Crippen LogP contribution in [-0.4, -0.2) is 21.4 Å². The van der Waals surface area contributed by atoms with E-state index < -0.39 is 0 Å². The summed E-state index contributed by atoms with van der Waals surface area (Å²) >= 11 is 0. The number of hydrogen-bond acceptors (Lipinski definition) is 2. The van der Waals surface area contributed by atoms with E-state index in [2.05, 4.69) is 57.5 Å². The summed E-state index contributed by atoms with van der Waals surface area (Å²) in [6.45, 7) is 0. The van der Waals surface area contributed by atoms with Crippen LogP contribution in [0.15, 0.2) is 70.3 Å². The van der Waals surface area contributed by atoms with Crippen molar-refractivity contribution in [2.45, 2.75) is 6.04 Å². The molecule has 4 heteroatoms. The Kier molecular flexibility index (Phi) is 2.52. The maximum atomic E-state index is 4.74. The number of nitrogens with one attached hydrogen (secondary N) is 2. The van der Waals surface area contributed by atoms with Gasteiger partial charge in [-0.3, -0.25) is 4.99 Å². The molecule has 0 aliphatic carbocycles. The Hall–Kier alpha value is -3.14. The van der Waals surface area contributed by atoms with Crippen LogP contribution in [0.4, 0.5) is 0 Å². The Morgan fingerprint density at radius 2 is 1.70 bits per heavy atom. The second kappa shape index (κ2) is 4.68. The maximum Gasteiger partial charge on any atom is 0.109 e. The van der Waals surface area contributed by atoms with Crippen molar-refractivity contribution < 1.29 is 0 Å². The predicted molar refractivity (Wildman–Crippen MR) is 92.8 cm³/mol. The normalized spacial score (nSPS) is 24.6. The average molecular weight is 298 g/mol. The van der Waals surface area contributed by atoms with Crippen molar-refractivity contribution in [1.29, 1.82) is 0 Å². The molecule has 2 aromatic rings. The number of aromatic nitrogens is 2. The second-order valence-corrected chi connectivity index (χ2v) is 5.82. The molecule has 3 aliphatic rings. The molecule has 110 valence electrons. The number of rotatable bonds is 0. The van der Waals surface area contributed by atoms with Crippen molar-refractivity contribution in [3.8, 4) is 0 Å². The number of nitrogens with zero attached hydrogens (tertiary/aromatic N) is 2. The molecule has 5 rings (SSSR count). The van der Waals surface area contributed by atoms with Crippen LogP contribution < -0.4 is 10.7 Å². The van der Waals surface area contributed by atoms with Gasteiger partial charge >= 0.3 is 0 Å². The molecule has 0 aromatic carbocycles. The van der Waals surface area contributed by atoms with Gasteiger partial charge in [0.1, 0.15) is 6.04 Å². The minimum Gasteiger partial charge on any atom is -0.357 e. The average Bonchev–Trinajstić information content (AvgIpc) is 3.28. The molecule has 0 fully saturated rings. The van der Waals surface area contributed by atoms with Crippen molar-refractivity contribution >= 4 is 23.6 Å². The Labute approximate surface area is 132 Å². The molecule has 0 saturated heterocycles. The quantitative estimate of drug-likeness (QED) is 0.746. The van der Waals surface area contributed by atoms with Crippen molar-refractivity contribution in [2.75, 3.05) is 0 Å². The lowest BCUT2D eigenvalue weighted by Gasteiger charge is -2.01. The number of allylic oxidation sites excluding steroid dienone is 4. The van der Waals surface area contributed by atoms with Gasteiger partial charge in [0.25, 0.3) is 0 Å². The third kappa shape index (κ3) is 2.25. The van der Waals surface area contributed by atoms with Gasteiger partial charge in [-0.05, 0) is 60.7 Å². The fourth-order valence-corrected chi connectivity index (χ4v) is 3.01. The van der Waals surface area contributed by atoms with Gasteiger partial charge < -0.3 is 9.97 Å². The maximum absolute atomic E-state index is 4.74. The van der Waals surface area contributed by atoms with E-state index in [9.17, 15) is 0 Å². The molecule has 23 heavy (non-hydrogen) atoms. The molecule has 2 aromatic heterocycles. The zero-order chi connectivity index (χ0) is 15.2. The SMILES string of the molecule is C1=C/C2=C/C3=NC(C=C3)c3ccc([nH]3)/C=c3/ccc([nH]3)=CC1=N2. The van der Waals surface area contributed by atoms with Gasteiger partial charge in [-0.15, -0.1) is 0 Å². The largest absolute Gasteiger partial charge is 0.357 e. The third-order valence-corrected chi connectivity index (χ3v) is 4.11. The molecule has 4 nitrogen and oxygen atoms in total. The van der Waals surface area contributed by atoms with E-state index in [1.165, 1.54) is 0 Å². The Morgan fingerprint density at radius 1 is 0.783 bits per heavy atom. The summed E-state index contributed by atoms with van der Waals surface area (Å²) in [6.07, 6.45) is 14.4. The second-order valence-electron chi connectivity index (χ2n) is 5.82. The third-order valence-electron chi connectivity index (χ3n) is 4.11. The summed E-state index contributed by atoms with van der Waals surface area (Å²) in [5, 5.41) is 2.10. The first-order valence-electron chi connectivity index (χ1n) is 7.64. The van der Waals surface area contributed by atoms with Crippen molar-refractivity contribution in [1.82, 2.24) is 9.97 Å². The molecule has 1 unspecified atom stereocenters. The Morgan fingerprint density at radius 3 is 2.65 bits per heavy atom. The van der Waals surface area contributed by atoms with Crippen molar-refractivity contribution in [3.63, 3.8) is 0 Å². The van der Waals surface area contributed by atoms with E-state index in [0.29, 0.717) is 0 Å². The topological polar surface area (TPSA) is 56.3 Å². The fourth-order valence-electron chi connectivity index (χ4n) is 3.01. The molecule has 2 N–H and O–H groups in total. The first-order valence-corrected chi connectivity index (χ1v) is 7.64. The molecular weight excluding hydrogens is 284 g/mol. The van der Waals surface area contributed by atoms with Crippen molar-refractivity contribution in [2.24, 2.45) is 9.98 Å². The summed E-state index contributed by atoms with van der Waals surface area (Å²) in [7, 11) is 0. The number of aliphatic imine (C=N–C) groups is 2. The molecule has 0 saturated carbocycles. The van der Waals surface area contributed by atoms with Crippen LogP contribution in [0.3, 0.4) is 0 Å². The van der Waals surface area contributed by atoms with E-state index in [1.54, 1.807) is 0 Å². The zero-order valence-corrected chi connectivity index (χ0v) is 12.3. The molecule has 8 bridgehead atoms. The first-order chi connectivity index (χ1) is 11.3. The highest BCUT2D eigenvalue weighted by Gasteiger charge is 2.14. The van der Waals surface area contributed by atoms with Gasteiger partial charge in [0.05, 0.1) is 17.1 Å². The number of hydrogen-bond donors (Lipinski definition) is 2. The first kappa shape index (κ1) is 12.4. The molecule has 0 amide bonds. The molecule has 0 spiro atoms. The molecule has 1 atom stereocenters. The van der Waals surface area contributed by atoms with Crippen LogP contribution >= 0.6 is 0 Å². The van der Waals surface area contributed by atoms with E-state index in [-0.39, 0.29) is 6.04 Å². The van der Waals surface area contributed by atoms with Gasteiger partial charge in [-0.25, -0.2) is 4.99 Å². The molecule has 5 heterocycles.